The highest BCUT2D eigenvalue weighted by Crippen LogP contribution is 2.26. The number of anilines is 2. The van der Waals surface area contributed by atoms with E-state index in [1.54, 1.807) is 31.2 Å². The van der Waals surface area contributed by atoms with Crippen LogP contribution in [-0.2, 0) is 21.2 Å². The molecule has 0 radical (unpaired) electrons. The molecule has 0 atom stereocenters. The Labute approximate surface area is 155 Å². The first kappa shape index (κ1) is 18.2. The average molecular weight is 391 g/mol. The molecule has 0 saturated heterocycles. The summed E-state index contributed by atoms with van der Waals surface area (Å²) in [7, 11) is -3.45. The normalized spacial score (nSPS) is 11.3. The zero-order chi connectivity index (χ0) is 18.7. The van der Waals surface area contributed by atoms with Crippen LogP contribution in [0, 0.1) is 6.92 Å². The Hall–Kier alpha value is -2.65. The lowest BCUT2D eigenvalue weighted by molar-refractivity contribution is -0.115. The number of nitrogens with one attached hydrogen (secondary N) is 2. The largest absolute Gasteiger partial charge is 0.440 e. The molecule has 3 aromatic rings. The van der Waals surface area contributed by atoms with E-state index in [9.17, 15) is 13.2 Å². The number of thiophene rings is 1. The van der Waals surface area contributed by atoms with Crippen molar-refractivity contribution in [3.05, 3.63) is 53.2 Å². The third-order valence-electron chi connectivity index (χ3n) is 3.45. The maximum atomic E-state index is 12.4. The predicted molar refractivity (Wildman–Crippen MR) is 102 cm³/mol. The van der Waals surface area contributed by atoms with Crippen LogP contribution in [0.15, 0.2) is 46.2 Å². The summed E-state index contributed by atoms with van der Waals surface area (Å²) in [5.74, 6) is 0.743. The second-order valence-electron chi connectivity index (χ2n) is 5.64. The number of sulfonamides is 1. The molecule has 2 N–H and O–H groups in total. The van der Waals surface area contributed by atoms with Crippen molar-refractivity contribution in [1.29, 1.82) is 0 Å². The Balaban J connectivity index is 1.74. The molecule has 136 valence electrons. The smallest absolute Gasteiger partial charge is 0.236 e. The van der Waals surface area contributed by atoms with Crippen molar-refractivity contribution in [2.75, 3.05) is 16.3 Å². The van der Waals surface area contributed by atoms with E-state index < -0.39 is 10.0 Å². The van der Waals surface area contributed by atoms with Crippen LogP contribution in [-0.4, -0.2) is 25.6 Å². The molecule has 0 unspecified atom stereocenters. The fourth-order valence-corrected chi connectivity index (χ4v) is 3.55. The van der Waals surface area contributed by atoms with Crippen LogP contribution in [0.5, 0.6) is 0 Å². The molecular formula is C17H17N3O4S2. The van der Waals surface area contributed by atoms with Gasteiger partial charge >= 0.3 is 0 Å². The van der Waals surface area contributed by atoms with Gasteiger partial charge in [-0.2, -0.15) is 0 Å². The highest BCUT2D eigenvalue weighted by Gasteiger charge is 2.16. The lowest BCUT2D eigenvalue weighted by atomic mass is 10.2. The van der Waals surface area contributed by atoms with Gasteiger partial charge in [-0.05, 0) is 30.5 Å². The summed E-state index contributed by atoms with van der Waals surface area (Å²) in [6, 6.07) is 10.4. The van der Waals surface area contributed by atoms with E-state index in [-0.39, 0.29) is 12.3 Å². The third kappa shape index (κ3) is 4.50. The standard InChI is InChI=1S/C17H17N3O4S2/c1-11-14(19-17(24-11)15-8-5-9-25-15)10-16(21)18-12-6-3-4-7-13(12)20-26(2,22)23/h3-9,20H,10H2,1-2H3,(H,18,21). The molecule has 0 saturated carbocycles. The number of carbonyl (C=O) groups is 1. The summed E-state index contributed by atoms with van der Waals surface area (Å²) >= 11 is 1.50. The van der Waals surface area contributed by atoms with Crippen LogP contribution in [0.25, 0.3) is 10.8 Å². The molecule has 0 spiro atoms. The quantitative estimate of drug-likeness (QED) is 0.672. The number of hydrogen-bond acceptors (Lipinski definition) is 6. The molecule has 9 heteroatoms. The summed E-state index contributed by atoms with van der Waals surface area (Å²) in [5, 5.41) is 4.63. The van der Waals surface area contributed by atoms with Gasteiger partial charge in [-0.1, -0.05) is 18.2 Å². The molecule has 0 aliphatic heterocycles. The summed E-state index contributed by atoms with van der Waals surface area (Å²) in [5.41, 5.74) is 1.22. The number of hydrogen-bond donors (Lipinski definition) is 2. The fraction of sp³-hybridized carbons (Fsp3) is 0.176. The van der Waals surface area contributed by atoms with Crippen molar-refractivity contribution in [3.8, 4) is 10.8 Å². The molecule has 3 rings (SSSR count). The van der Waals surface area contributed by atoms with E-state index in [1.807, 2.05) is 17.5 Å². The molecule has 0 fully saturated rings. The molecule has 26 heavy (non-hydrogen) atoms. The SMILES string of the molecule is Cc1oc(-c2cccs2)nc1CC(=O)Nc1ccccc1NS(C)(=O)=O. The van der Waals surface area contributed by atoms with Gasteiger partial charge in [0.2, 0.25) is 21.8 Å². The van der Waals surface area contributed by atoms with Gasteiger partial charge in [0, 0.05) is 0 Å². The molecular weight excluding hydrogens is 374 g/mol. The van der Waals surface area contributed by atoms with E-state index in [0.717, 1.165) is 11.1 Å². The summed E-state index contributed by atoms with van der Waals surface area (Å²) in [4.78, 5) is 17.7. The van der Waals surface area contributed by atoms with Crippen LogP contribution in [0.4, 0.5) is 11.4 Å². The Kier molecular flexibility index (Phi) is 5.10. The minimum atomic E-state index is -3.45. The molecule has 1 aromatic carbocycles. The van der Waals surface area contributed by atoms with Gasteiger partial charge in [0.1, 0.15) is 5.76 Å². The maximum Gasteiger partial charge on any atom is 0.236 e. The van der Waals surface area contributed by atoms with E-state index >= 15 is 0 Å². The van der Waals surface area contributed by atoms with Crippen LogP contribution in [0.2, 0.25) is 0 Å². The molecule has 0 aliphatic carbocycles. The number of benzene rings is 1. The van der Waals surface area contributed by atoms with Gasteiger partial charge in [0.15, 0.2) is 0 Å². The third-order valence-corrected chi connectivity index (χ3v) is 4.90. The van der Waals surface area contributed by atoms with Crippen molar-refractivity contribution in [3.63, 3.8) is 0 Å². The van der Waals surface area contributed by atoms with Crippen molar-refractivity contribution < 1.29 is 17.6 Å². The topological polar surface area (TPSA) is 101 Å². The number of rotatable bonds is 6. The van der Waals surface area contributed by atoms with Crippen LogP contribution >= 0.6 is 11.3 Å². The minimum absolute atomic E-state index is 0.0217. The predicted octanol–water partition coefficient (Wildman–Crippen LogP) is 3.26. The summed E-state index contributed by atoms with van der Waals surface area (Å²) in [6.45, 7) is 1.76. The van der Waals surface area contributed by atoms with Crippen LogP contribution in [0.3, 0.4) is 0 Å². The number of aryl methyl sites for hydroxylation is 1. The first-order chi connectivity index (χ1) is 12.3. The first-order valence-electron chi connectivity index (χ1n) is 7.68. The fourth-order valence-electron chi connectivity index (χ4n) is 2.33. The van der Waals surface area contributed by atoms with Gasteiger partial charge in [-0.3, -0.25) is 9.52 Å². The van der Waals surface area contributed by atoms with Gasteiger partial charge in [0.05, 0.1) is 34.6 Å². The van der Waals surface area contributed by atoms with Crippen LogP contribution < -0.4 is 10.0 Å². The number of carbonyl (C=O) groups excluding carboxylic acids is 1. The molecule has 1 amide bonds. The van der Waals surface area contributed by atoms with E-state index in [4.69, 9.17) is 4.42 Å². The van der Waals surface area contributed by atoms with Gasteiger partial charge in [0.25, 0.3) is 0 Å². The Bertz CT molecular complexity index is 1020. The number of aromatic nitrogens is 1. The highest BCUT2D eigenvalue weighted by molar-refractivity contribution is 7.92. The molecule has 7 nitrogen and oxygen atoms in total. The van der Waals surface area contributed by atoms with Gasteiger partial charge < -0.3 is 9.73 Å². The maximum absolute atomic E-state index is 12.4. The Morgan fingerprint density at radius 3 is 2.58 bits per heavy atom. The Morgan fingerprint density at radius 2 is 1.92 bits per heavy atom. The second-order valence-corrected chi connectivity index (χ2v) is 8.34. The lowest BCUT2D eigenvalue weighted by Gasteiger charge is -2.11. The number of amides is 1. The zero-order valence-electron chi connectivity index (χ0n) is 14.1. The molecule has 2 heterocycles. The highest BCUT2D eigenvalue weighted by atomic mass is 32.2. The van der Waals surface area contributed by atoms with Gasteiger partial charge in [-0.25, -0.2) is 13.4 Å². The van der Waals surface area contributed by atoms with Crippen molar-refractivity contribution in [2.45, 2.75) is 13.3 Å². The molecule has 0 bridgehead atoms. The van der Waals surface area contributed by atoms with E-state index in [1.165, 1.54) is 11.3 Å². The summed E-state index contributed by atoms with van der Waals surface area (Å²) < 4.78 is 30.9. The Morgan fingerprint density at radius 1 is 1.19 bits per heavy atom. The van der Waals surface area contributed by atoms with E-state index in [2.05, 4.69) is 15.0 Å². The van der Waals surface area contributed by atoms with Gasteiger partial charge in [-0.15, -0.1) is 11.3 Å². The van der Waals surface area contributed by atoms with Crippen LogP contribution in [0.1, 0.15) is 11.5 Å². The lowest BCUT2D eigenvalue weighted by Crippen LogP contribution is -2.18. The molecule has 0 aliphatic rings. The number of nitrogens with zero attached hydrogens (tertiary/aromatic N) is 1. The van der Waals surface area contributed by atoms with E-state index in [0.29, 0.717) is 28.7 Å². The first-order valence-corrected chi connectivity index (χ1v) is 10.5. The molecule has 2 aromatic heterocycles. The summed E-state index contributed by atoms with van der Waals surface area (Å²) in [6.07, 6.45) is 1.07. The monoisotopic (exact) mass is 391 g/mol. The van der Waals surface area contributed by atoms with Crippen molar-refractivity contribution in [2.24, 2.45) is 0 Å². The minimum Gasteiger partial charge on any atom is -0.440 e. The number of para-hydroxylation sites is 2. The zero-order valence-corrected chi connectivity index (χ0v) is 15.8. The van der Waals surface area contributed by atoms with Crippen molar-refractivity contribution >= 4 is 38.6 Å². The second kappa shape index (κ2) is 7.30. The van der Waals surface area contributed by atoms with Crippen molar-refractivity contribution in [1.82, 2.24) is 4.98 Å². The average Bonchev–Trinajstić information content (AvgIpc) is 3.18. The number of oxazole rings is 1.